The number of halogens is 1. The minimum atomic E-state index is -1.78. The van der Waals surface area contributed by atoms with Crippen molar-refractivity contribution in [2.45, 2.75) is 12.6 Å². The van der Waals surface area contributed by atoms with E-state index >= 15 is 0 Å². The van der Waals surface area contributed by atoms with Gasteiger partial charge in [0.15, 0.2) is 7.20 Å². The monoisotopic (exact) mass is 483 g/mol. The number of ether oxygens (including phenoxy) is 1. The van der Waals surface area contributed by atoms with Crippen LogP contribution in [0.1, 0.15) is 40.4 Å². The summed E-state index contributed by atoms with van der Waals surface area (Å²) in [6, 6.07) is 6.24. The van der Waals surface area contributed by atoms with E-state index in [1.54, 1.807) is 35.0 Å². The highest BCUT2D eigenvalue weighted by Crippen LogP contribution is 2.46. The van der Waals surface area contributed by atoms with E-state index in [4.69, 9.17) is 20.5 Å². The van der Waals surface area contributed by atoms with Gasteiger partial charge >= 0.3 is 0 Å². The number of aromatic nitrogens is 1. The maximum Gasteiger partial charge on any atom is 0.211 e. The largest absolute Gasteiger partial charge is 0.386 e. The normalized spacial score (nSPS) is 23.9. The predicted molar refractivity (Wildman–Crippen MR) is 130 cm³/mol. The Balaban J connectivity index is 1.60. The fourth-order valence-electron chi connectivity index (χ4n) is 5.14. The van der Waals surface area contributed by atoms with Crippen LogP contribution >= 0.6 is 11.6 Å². The van der Waals surface area contributed by atoms with Gasteiger partial charge in [-0.15, -0.1) is 0 Å². The number of nitrogens with one attached hydrogen (secondary N) is 1. The molecule has 0 radical (unpaired) electrons. The van der Waals surface area contributed by atoms with Crippen LogP contribution < -0.4 is 5.31 Å². The van der Waals surface area contributed by atoms with Crippen LogP contribution in [0.4, 0.5) is 0 Å². The number of rotatable bonds is 4. The Morgan fingerprint density at radius 3 is 2.79 bits per heavy atom. The van der Waals surface area contributed by atoms with Crippen molar-refractivity contribution >= 4 is 40.4 Å². The molecule has 0 spiro atoms. The Morgan fingerprint density at radius 2 is 2.00 bits per heavy atom. The highest BCUT2D eigenvalue weighted by atomic mass is 35.5. The van der Waals surface area contributed by atoms with E-state index < -0.39 is 17.9 Å². The van der Waals surface area contributed by atoms with Gasteiger partial charge < -0.3 is 19.7 Å². The average molecular weight is 484 g/mol. The predicted octanol–water partition coefficient (Wildman–Crippen LogP) is 2.64. The molecular weight excluding hydrogens is 454 g/mol. The summed E-state index contributed by atoms with van der Waals surface area (Å²) in [5.74, 6) is -1.07. The van der Waals surface area contributed by atoms with Gasteiger partial charge in [-0.25, -0.2) is 0 Å². The lowest BCUT2D eigenvalue weighted by atomic mass is 9.80. The Labute approximate surface area is 206 Å². The molecule has 1 fully saturated rings. The molecule has 6 rings (SSSR count). The quantitative estimate of drug-likeness (QED) is 0.695. The molecule has 174 valence electrons. The lowest BCUT2D eigenvalue weighted by Gasteiger charge is -2.28. The summed E-state index contributed by atoms with van der Waals surface area (Å²) in [5, 5.41) is 12.1. The van der Waals surface area contributed by atoms with Gasteiger partial charge in [0, 0.05) is 66.2 Å². The molecule has 0 amide bonds. The summed E-state index contributed by atoms with van der Waals surface area (Å²) in [4.78, 5) is 29.9. The molecule has 2 aromatic rings. The Hall–Kier alpha value is -2.97. The van der Waals surface area contributed by atoms with Gasteiger partial charge in [0.25, 0.3) is 0 Å². The maximum absolute atomic E-state index is 14.3. The zero-order valence-electron chi connectivity index (χ0n) is 21.3. The van der Waals surface area contributed by atoms with Crippen molar-refractivity contribution in [2.75, 3.05) is 39.4 Å². The molecular formula is C26H24ClN3O4. The number of allylic oxidation sites excluding steroid dienone is 1. The highest BCUT2D eigenvalue weighted by Gasteiger charge is 2.42. The zero-order valence-corrected chi connectivity index (χ0v) is 19.1. The number of carbonyl (C=O) groups excluding carboxylic acids is 2. The molecule has 1 saturated heterocycles. The zero-order chi connectivity index (χ0) is 26.0. The van der Waals surface area contributed by atoms with Crippen molar-refractivity contribution < 1.29 is 23.6 Å². The van der Waals surface area contributed by atoms with Crippen molar-refractivity contribution in [3.05, 3.63) is 75.2 Å². The smallest absolute Gasteiger partial charge is 0.211 e. The number of fused-ring (bicyclic) bond motifs is 5. The van der Waals surface area contributed by atoms with Crippen LogP contribution in [0.5, 0.6) is 0 Å². The van der Waals surface area contributed by atoms with E-state index in [1.165, 1.54) is 5.31 Å². The minimum absolute atomic E-state index is 0.0658. The number of carbonyl (C=O) groups is 2. The number of ketones is 2. The van der Waals surface area contributed by atoms with Gasteiger partial charge in [0.2, 0.25) is 5.78 Å². The van der Waals surface area contributed by atoms with Crippen LogP contribution in [0.25, 0.3) is 17.2 Å². The Morgan fingerprint density at radius 1 is 1.21 bits per heavy atom. The molecule has 2 aliphatic heterocycles. The molecule has 2 N–H and O–H groups in total. The lowest BCUT2D eigenvalue weighted by molar-refractivity contribution is 0.0363. The molecule has 3 heterocycles. The molecule has 2 aliphatic carbocycles. The van der Waals surface area contributed by atoms with Crippen LogP contribution in [0.3, 0.4) is 0 Å². The van der Waals surface area contributed by atoms with Gasteiger partial charge in [-0.05, 0) is 23.7 Å². The standard InChI is InChI=1S/C26H24ClN3O4/c27-18-4-2-1-3-15(18)21-16-13-28-14-17(16)22-23-19(5-6-20(31)25(23)32)30(24(22)26(21)33)8-7-29-9-11-34-12-10-29/h1-6,14,20,28,31H,7-13H2/i5T,6T/hT. The minimum Gasteiger partial charge on any atom is -0.386 e. The summed E-state index contributed by atoms with van der Waals surface area (Å²) in [6.07, 6.45) is -0.214. The van der Waals surface area contributed by atoms with E-state index in [1.807, 2.05) is 0 Å². The summed E-state index contributed by atoms with van der Waals surface area (Å²) < 4.78 is 32.3. The number of aliphatic hydroxyl groups excluding tert-OH is 1. The average Bonchev–Trinajstić information content (AvgIpc) is 3.44. The van der Waals surface area contributed by atoms with Crippen LogP contribution in [0.15, 0.2) is 42.1 Å². The third-order valence-corrected chi connectivity index (χ3v) is 7.11. The number of morpholine rings is 1. The summed E-state index contributed by atoms with van der Waals surface area (Å²) >= 11 is 6.52. The van der Waals surface area contributed by atoms with Crippen molar-refractivity contribution in [1.82, 2.24) is 14.8 Å². The third-order valence-electron chi connectivity index (χ3n) is 6.78. The summed E-state index contributed by atoms with van der Waals surface area (Å²) in [5.41, 5.74) is 2.76. The number of aliphatic hydroxyl groups is 1. The Bertz CT molecular complexity index is 1460. The fraction of sp³-hybridized carbons (Fsp3) is 0.308. The highest BCUT2D eigenvalue weighted by molar-refractivity contribution is 6.40. The topological polar surface area (TPSA) is 83.8 Å². The van der Waals surface area contributed by atoms with Gasteiger partial charge in [0.1, 0.15) is 6.10 Å². The fourth-order valence-corrected chi connectivity index (χ4v) is 5.37. The third kappa shape index (κ3) is 3.23. The first kappa shape index (κ1) is 18.4. The molecule has 1 unspecified atom stereocenters. The number of benzene rings is 1. The second-order valence-electron chi connectivity index (χ2n) is 8.63. The lowest BCUT2D eigenvalue weighted by Crippen LogP contribution is -2.38. The molecule has 4 aliphatic rings. The first-order chi connectivity index (χ1) is 17.8. The van der Waals surface area contributed by atoms with Gasteiger partial charge in [-0.1, -0.05) is 29.8 Å². The van der Waals surface area contributed by atoms with Crippen LogP contribution in [-0.4, -0.2) is 71.6 Å². The molecule has 0 bridgehead atoms. The number of nitrogens with zero attached hydrogens (tertiary/aromatic N) is 2. The first-order valence-corrected chi connectivity index (χ1v) is 11.6. The molecule has 1 aromatic carbocycles. The van der Waals surface area contributed by atoms with E-state index in [0.29, 0.717) is 59.2 Å². The molecule has 0 saturated carbocycles. The van der Waals surface area contributed by atoms with Crippen LogP contribution in [0, 0.1) is 0 Å². The van der Waals surface area contributed by atoms with Crippen molar-refractivity contribution in [3.63, 3.8) is 0 Å². The van der Waals surface area contributed by atoms with E-state index in [0.717, 1.165) is 13.1 Å². The molecule has 8 heteroatoms. The molecule has 7 nitrogen and oxygen atoms in total. The van der Waals surface area contributed by atoms with Gasteiger partial charge in [0.05, 0.1) is 32.9 Å². The molecule has 1 aromatic heterocycles. The second kappa shape index (κ2) is 8.36. The Kier molecular flexibility index (Phi) is 4.52. The molecule has 1 atom stereocenters. The molecule has 34 heavy (non-hydrogen) atoms. The maximum atomic E-state index is 14.3. The van der Waals surface area contributed by atoms with E-state index in [2.05, 4.69) is 4.90 Å². The van der Waals surface area contributed by atoms with Crippen LogP contribution in [-0.2, 0) is 11.3 Å². The van der Waals surface area contributed by atoms with Crippen LogP contribution in [0.2, 0.25) is 6.43 Å². The number of Topliss-reactive ketones (excluding diaryl/α,β-unsaturated/α-hetero) is 2. The van der Waals surface area contributed by atoms with Gasteiger partial charge in [-0.2, -0.15) is 0 Å². The number of hydrogen-bond acceptors (Lipinski definition) is 6. The van der Waals surface area contributed by atoms with Crippen molar-refractivity contribution in [3.8, 4) is 0 Å². The SMILES string of the molecule is [3H]C1=C([3H])C(O)C(=O)c2c3c(n(CCN4CCOCC4)c21)C(=O)C(c1ccccc1Cl)=C1CN([3H])C=C13. The van der Waals surface area contributed by atoms with Gasteiger partial charge in [-0.3, -0.25) is 14.5 Å². The van der Waals surface area contributed by atoms with E-state index in [-0.39, 0.29) is 35.3 Å². The van der Waals surface area contributed by atoms with E-state index in [9.17, 15) is 14.7 Å². The number of hydrogen-bond donors (Lipinski definition) is 2. The first-order valence-electron chi connectivity index (χ1n) is 12.7. The van der Waals surface area contributed by atoms with Crippen molar-refractivity contribution in [2.24, 2.45) is 0 Å². The second-order valence-corrected chi connectivity index (χ2v) is 9.04. The summed E-state index contributed by atoms with van der Waals surface area (Å²) in [7, 11) is 0. The van der Waals surface area contributed by atoms with Crippen molar-refractivity contribution in [1.29, 1.82) is 0 Å². The summed E-state index contributed by atoms with van der Waals surface area (Å²) in [6.45, 7) is 3.60.